The first-order valence-corrected chi connectivity index (χ1v) is 5.83. The zero-order valence-corrected chi connectivity index (χ0v) is 10.8. The molecular weight excluding hydrogens is 234 g/mol. The van der Waals surface area contributed by atoms with Gasteiger partial charge in [-0.25, -0.2) is 0 Å². The molecular formula is C12H19N3O3. The third-order valence-electron chi connectivity index (χ3n) is 2.74. The molecule has 0 spiro atoms. The fourth-order valence-corrected chi connectivity index (χ4v) is 1.67. The smallest absolute Gasteiger partial charge is 0.231 e. The highest BCUT2D eigenvalue weighted by molar-refractivity contribution is 6.02. The monoisotopic (exact) mass is 253 g/mol. The molecule has 6 nitrogen and oxygen atoms in total. The van der Waals surface area contributed by atoms with E-state index in [0.29, 0.717) is 12.2 Å². The molecule has 0 bridgehead atoms. The lowest BCUT2D eigenvalue weighted by Gasteiger charge is -2.17. The molecule has 4 N–H and O–H groups in total. The predicted molar refractivity (Wildman–Crippen MR) is 67.2 cm³/mol. The minimum Gasteiger partial charge on any atom is -0.464 e. The summed E-state index contributed by atoms with van der Waals surface area (Å²) in [5.74, 6) is 0.463. The number of nitrogens with zero attached hydrogens (tertiary/aromatic N) is 1. The summed E-state index contributed by atoms with van der Waals surface area (Å²) in [7, 11) is 0. The minimum absolute atomic E-state index is 0.0853. The van der Waals surface area contributed by atoms with Gasteiger partial charge in [-0.15, -0.1) is 0 Å². The second kappa shape index (κ2) is 6.09. The minimum atomic E-state index is -0.631. The molecule has 2 atom stereocenters. The van der Waals surface area contributed by atoms with E-state index in [9.17, 15) is 4.79 Å². The lowest BCUT2D eigenvalue weighted by Crippen LogP contribution is -2.39. The van der Waals surface area contributed by atoms with E-state index in [1.807, 2.05) is 26.0 Å². The van der Waals surface area contributed by atoms with Crippen molar-refractivity contribution in [3.8, 4) is 0 Å². The summed E-state index contributed by atoms with van der Waals surface area (Å²) in [5.41, 5.74) is 5.46. The Bertz CT molecular complexity index is 440. The number of amidine groups is 1. The van der Waals surface area contributed by atoms with Gasteiger partial charge in [0.05, 0.1) is 12.0 Å². The Morgan fingerprint density at radius 1 is 1.61 bits per heavy atom. The third kappa shape index (κ3) is 3.26. The molecule has 1 amide bonds. The SMILES string of the molecule is CCC(C(=O)NC(C)c1ccc(C)o1)C(N)=NO. The van der Waals surface area contributed by atoms with Crippen LogP contribution in [0.4, 0.5) is 0 Å². The largest absolute Gasteiger partial charge is 0.464 e. The summed E-state index contributed by atoms with van der Waals surface area (Å²) in [6.07, 6.45) is 0.464. The van der Waals surface area contributed by atoms with Crippen LogP contribution in [-0.4, -0.2) is 17.0 Å². The van der Waals surface area contributed by atoms with Crippen LogP contribution in [0.15, 0.2) is 21.7 Å². The standard InChI is InChI=1S/C12H19N3O3/c1-4-9(11(13)15-17)12(16)14-8(3)10-6-5-7(2)18-10/h5-6,8-9,17H,4H2,1-3H3,(H2,13,15)(H,14,16). The maximum absolute atomic E-state index is 11.9. The molecule has 0 radical (unpaired) electrons. The lowest BCUT2D eigenvalue weighted by molar-refractivity contribution is -0.123. The number of rotatable bonds is 5. The number of amides is 1. The number of furan rings is 1. The summed E-state index contributed by atoms with van der Waals surface area (Å²) in [6, 6.07) is 3.38. The van der Waals surface area contributed by atoms with Crippen molar-refractivity contribution < 1.29 is 14.4 Å². The fourth-order valence-electron chi connectivity index (χ4n) is 1.67. The lowest BCUT2D eigenvalue weighted by atomic mass is 10.0. The molecule has 6 heteroatoms. The van der Waals surface area contributed by atoms with Gasteiger partial charge >= 0.3 is 0 Å². The van der Waals surface area contributed by atoms with Crippen LogP contribution in [0.3, 0.4) is 0 Å². The number of nitrogens with two attached hydrogens (primary N) is 1. The number of hydrogen-bond donors (Lipinski definition) is 3. The number of carbonyl (C=O) groups is 1. The molecule has 1 rings (SSSR count). The van der Waals surface area contributed by atoms with Gasteiger partial charge in [-0.3, -0.25) is 4.79 Å². The number of hydrogen-bond acceptors (Lipinski definition) is 4. The van der Waals surface area contributed by atoms with E-state index in [-0.39, 0.29) is 17.8 Å². The van der Waals surface area contributed by atoms with E-state index in [4.69, 9.17) is 15.4 Å². The number of aryl methyl sites for hydroxylation is 1. The van der Waals surface area contributed by atoms with Gasteiger partial charge in [-0.1, -0.05) is 12.1 Å². The van der Waals surface area contributed by atoms with E-state index in [1.54, 1.807) is 6.92 Å². The maximum atomic E-state index is 11.9. The van der Waals surface area contributed by atoms with Gasteiger partial charge in [-0.05, 0) is 32.4 Å². The predicted octanol–water partition coefficient (Wildman–Crippen LogP) is 1.54. The second-order valence-corrected chi connectivity index (χ2v) is 4.16. The Kier molecular flexibility index (Phi) is 4.76. The van der Waals surface area contributed by atoms with Crippen molar-refractivity contribution in [1.29, 1.82) is 0 Å². The van der Waals surface area contributed by atoms with Crippen molar-refractivity contribution in [2.45, 2.75) is 33.2 Å². The summed E-state index contributed by atoms with van der Waals surface area (Å²) in [6.45, 7) is 5.45. The molecule has 0 aliphatic carbocycles. The summed E-state index contributed by atoms with van der Waals surface area (Å²) < 4.78 is 5.42. The van der Waals surface area contributed by atoms with Crippen LogP contribution in [0.2, 0.25) is 0 Å². The van der Waals surface area contributed by atoms with E-state index >= 15 is 0 Å². The van der Waals surface area contributed by atoms with Crippen LogP contribution in [-0.2, 0) is 4.79 Å². The average molecular weight is 253 g/mol. The summed E-state index contributed by atoms with van der Waals surface area (Å²) in [5, 5.41) is 14.3. The van der Waals surface area contributed by atoms with Crippen molar-refractivity contribution in [3.05, 3.63) is 23.7 Å². The Morgan fingerprint density at radius 3 is 2.72 bits per heavy atom. The molecule has 0 fully saturated rings. The second-order valence-electron chi connectivity index (χ2n) is 4.16. The Labute approximate surface area is 106 Å². The van der Waals surface area contributed by atoms with Crippen LogP contribution >= 0.6 is 0 Å². The number of carbonyl (C=O) groups excluding carboxylic acids is 1. The fraction of sp³-hybridized carbons (Fsp3) is 0.500. The first-order valence-electron chi connectivity index (χ1n) is 5.83. The van der Waals surface area contributed by atoms with E-state index in [2.05, 4.69) is 10.5 Å². The van der Waals surface area contributed by atoms with Crippen molar-refractivity contribution in [1.82, 2.24) is 5.32 Å². The van der Waals surface area contributed by atoms with Crippen molar-refractivity contribution in [3.63, 3.8) is 0 Å². The molecule has 100 valence electrons. The van der Waals surface area contributed by atoms with Crippen LogP contribution in [0.1, 0.15) is 37.8 Å². The van der Waals surface area contributed by atoms with Crippen molar-refractivity contribution in [2.75, 3.05) is 0 Å². The maximum Gasteiger partial charge on any atom is 0.231 e. The van der Waals surface area contributed by atoms with Gasteiger partial charge in [-0.2, -0.15) is 0 Å². The molecule has 18 heavy (non-hydrogen) atoms. The third-order valence-corrected chi connectivity index (χ3v) is 2.74. The zero-order valence-electron chi connectivity index (χ0n) is 10.8. The Morgan fingerprint density at radius 2 is 2.28 bits per heavy atom. The summed E-state index contributed by atoms with van der Waals surface area (Å²) in [4.78, 5) is 11.9. The Hall–Kier alpha value is -1.98. The van der Waals surface area contributed by atoms with Gasteiger partial charge in [0.15, 0.2) is 5.84 Å². The van der Waals surface area contributed by atoms with Crippen LogP contribution in [0.5, 0.6) is 0 Å². The van der Waals surface area contributed by atoms with Gasteiger partial charge < -0.3 is 20.7 Å². The molecule has 0 aliphatic rings. The number of oxime groups is 1. The van der Waals surface area contributed by atoms with Gasteiger partial charge in [0.1, 0.15) is 11.5 Å². The quantitative estimate of drug-likeness (QED) is 0.320. The van der Waals surface area contributed by atoms with E-state index < -0.39 is 5.92 Å². The molecule has 1 aromatic heterocycles. The number of nitrogens with one attached hydrogen (secondary N) is 1. The van der Waals surface area contributed by atoms with Gasteiger partial charge in [0.25, 0.3) is 0 Å². The molecule has 0 aromatic carbocycles. The normalized spacial score (nSPS) is 15.2. The van der Waals surface area contributed by atoms with Crippen molar-refractivity contribution in [2.24, 2.45) is 16.8 Å². The van der Waals surface area contributed by atoms with Gasteiger partial charge in [0, 0.05) is 0 Å². The van der Waals surface area contributed by atoms with Crippen LogP contribution in [0.25, 0.3) is 0 Å². The zero-order chi connectivity index (χ0) is 13.7. The van der Waals surface area contributed by atoms with Crippen LogP contribution < -0.4 is 11.1 Å². The Balaban J connectivity index is 2.69. The molecule has 0 saturated carbocycles. The molecule has 0 saturated heterocycles. The average Bonchev–Trinajstić information content (AvgIpc) is 2.76. The highest BCUT2D eigenvalue weighted by atomic mass is 16.4. The highest BCUT2D eigenvalue weighted by Gasteiger charge is 2.23. The molecule has 2 unspecified atom stereocenters. The molecule has 1 aromatic rings. The van der Waals surface area contributed by atoms with E-state index in [0.717, 1.165) is 5.76 Å². The molecule has 1 heterocycles. The highest BCUT2D eigenvalue weighted by Crippen LogP contribution is 2.16. The van der Waals surface area contributed by atoms with Gasteiger partial charge in [0.2, 0.25) is 5.91 Å². The first kappa shape index (κ1) is 14.1. The van der Waals surface area contributed by atoms with E-state index in [1.165, 1.54) is 0 Å². The molecule has 0 aliphatic heterocycles. The summed E-state index contributed by atoms with van der Waals surface area (Å²) >= 11 is 0. The van der Waals surface area contributed by atoms with Crippen LogP contribution in [0, 0.1) is 12.8 Å². The van der Waals surface area contributed by atoms with Crippen molar-refractivity contribution >= 4 is 11.7 Å². The topological polar surface area (TPSA) is 101 Å². The first-order chi connectivity index (χ1) is 8.49.